The van der Waals surface area contributed by atoms with Crippen molar-refractivity contribution in [2.24, 2.45) is 0 Å². The number of sulfonamides is 1. The Morgan fingerprint density at radius 3 is 2.54 bits per heavy atom. The molecule has 0 spiro atoms. The van der Waals surface area contributed by atoms with Gasteiger partial charge in [0.1, 0.15) is 10.0 Å². The number of hydrogen-bond acceptors (Lipinski definition) is 5. The van der Waals surface area contributed by atoms with Crippen molar-refractivity contribution in [3.05, 3.63) is 53.2 Å². The smallest absolute Gasteiger partial charge is 0.250 e. The SMILES string of the molecule is O=S(=O)(NC[C@H](c1ccc(F)cc1)N1CCOCC1)c1cccs1. The van der Waals surface area contributed by atoms with Crippen LogP contribution in [0, 0.1) is 5.82 Å². The van der Waals surface area contributed by atoms with Crippen LogP contribution in [0.25, 0.3) is 0 Å². The van der Waals surface area contributed by atoms with Crippen molar-refractivity contribution in [2.75, 3.05) is 32.8 Å². The lowest BCUT2D eigenvalue weighted by atomic mass is 10.0. The van der Waals surface area contributed by atoms with Crippen LogP contribution in [0.1, 0.15) is 11.6 Å². The first kappa shape index (κ1) is 17.5. The van der Waals surface area contributed by atoms with Gasteiger partial charge in [0.15, 0.2) is 0 Å². The van der Waals surface area contributed by atoms with Gasteiger partial charge in [0.25, 0.3) is 0 Å². The van der Waals surface area contributed by atoms with Gasteiger partial charge in [-0.15, -0.1) is 11.3 Å². The number of hydrogen-bond donors (Lipinski definition) is 1. The molecule has 0 saturated carbocycles. The molecule has 1 aliphatic rings. The zero-order valence-electron chi connectivity index (χ0n) is 13.0. The quantitative estimate of drug-likeness (QED) is 0.847. The topological polar surface area (TPSA) is 58.6 Å². The van der Waals surface area contributed by atoms with E-state index in [4.69, 9.17) is 4.74 Å². The minimum atomic E-state index is -3.53. The van der Waals surface area contributed by atoms with Gasteiger partial charge in [0, 0.05) is 25.7 Å². The summed E-state index contributed by atoms with van der Waals surface area (Å²) < 4.78 is 46.3. The fraction of sp³-hybridized carbons (Fsp3) is 0.375. The third kappa shape index (κ3) is 4.20. The Labute approximate surface area is 145 Å². The number of thiophene rings is 1. The van der Waals surface area contributed by atoms with E-state index in [1.54, 1.807) is 29.6 Å². The zero-order valence-corrected chi connectivity index (χ0v) is 14.7. The largest absolute Gasteiger partial charge is 0.379 e. The van der Waals surface area contributed by atoms with Crippen molar-refractivity contribution in [2.45, 2.75) is 10.3 Å². The van der Waals surface area contributed by atoms with Crippen molar-refractivity contribution in [1.82, 2.24) is 9.62 Å². The Morgan fingerprint density at radius 1 is 1.21 bits per heavy atom. The van der Waals surface area contributed by atoms with Gasteiger partial charge in [0.05, 0.1) is 13.2 Å². The third-order valence-electron chi connectivity index (χ3n) is 3.97. The maximum absolute atomic E-state index is 13.2. The molecule has 0 bridgehead atoms. The number of nitrogens with zero attached hydrogens (tertiary/aromatic N) is 1. The first-order chi connectivity index (χ1) is 11.6. The number of ether oxygens (including phenoxy) is 1. The van der Waals surface area contributed by atoms with Gasteiger partial charge in [0.2, 0.25) is 10.0 Å². The van der Waals surface area contributed by atoms with E-state index in [0.717, 1.165) is 5.56 Å². The predicted octanol–water partition coefficient (Wildman–Crippen LogP) is 2.24. The van der Waals surface area contributed by atoms with E-state index in [1.807, 2.05) is 0 Å². The first-order valence-corrected chi connectivity index (χ1v) is 10.0. The molecule has 1 atom stereocenters. The molecule has 0 amide bonds. The van der Waals surface area contributed by atoms with Gasteiger partial charge in [-0.05, 0) is 29.1 Å². The molecule has 1 aromatic carbocycles. The lowest BCUT2D eigenvalue weighted by Gasteiger charge is -2.34. The molecule has 3 rings (SSSR count). The maximum Gasteiger partial charge on any atom is 0.250 e. The van der Waals surface area contributed by atoms with Gasteiger partial charge in [-0.25, -0.2) is 17.5 Å². The molecule has 5 nitrogen and oxygen atoms in total. The summed E-state index contributed by atoms with van der Waals surface area (Å²) in [6.07, 6.45) is 0. The fourth-order valence-corrected chi connectivity index (χ4v) is 4.78. The van der Waals surface area contributed by atoms with Gasteiger partial charge in [-0.2, -0.15) is 0 Å². The van der Waals surface area contributed by atoms with Crippen molar-refractivity contribution >= 4 is 21.4 Å². The second-order valence-electron chi connectivity index (χ2n) is 5.50. The summed E-state index contributed by atoms with van der Waals surface area (Å²) in [6.45, 7) is 2.86. The van der Waals surface area contributed by atoms with Gasteiger partial charge < -0.3 is 4.74 Å². The van der Waals surface area contributed by atoms with Crippen LogP contribution in [0.2, 0.25) is 0 Å². The van der Waals surface area contributed by atoms with Crippen LogP contribution in [0.15, 0.2) is 46.0 Å². The third-order valence-corrected chi connectivity index (χ3v) is 6.79. The number of benzene rings is 1. The summed E-state index contributed by atoms with van der Waals surface area (Å²) in [7, 11) is -3.53. The van der Waals surface area contributed by atoms with E-state index in [-0.39, 0.29) is 18.4 Å². The summed E-state index contributed by atoms with van der Waals surface area (Å²) in [6, 6.07) is 9.33. The first-order valence-electron chi connectivity index (χ1n) is 7.67. The highest BCUT2D eigenvalue weighted by atomic mass is 32.2. The van der Waals surface area contributed by atoms with Crippen molar-refractivity contribution in [1.29, 1.82) is 0 Å². The van der Waals surface area contributed by atoms with Gasteiger partial charge >= 0.3 is 0 Å². The number of rotatable bonds is 6. The molecule has 0 unspecified atom stereocenters. The molecular weight excluding hydrogens is 351 g/mol. The monoisotopic (exact) mass is 370 g/mol. The Hall–Kier alpha value is -1.32. The summed E-state index contributed by atoms with van der Waals surface area (Å²) in [5, 5.41) is 1.73. The van der Waals surface area contributed by atoms with Crippen LogP contribution in [0.3, 0.4) is 0 Å². The Balaban J connectivity index is 1.78. The van der Waals surface area contributed by atoms with E-state index in [9.17, 15) is 12.8 Å². The molecule has 8 heteroatoms. The Kier molecular flexibility index (Phi) is 5.62. The van der Waals surface area contributed by atoms with E-state index in [0.29, 0.717) is 30.5 Å². The van der Waals surface area contributed by atoms with Crippen LogP contribution in [-0.4, -0.2) is 46.2 Å². The van der Waals surface area contributed by atoms with Crippen LogP contribution in [0.5, 0.6) is 0 Å². The summed E-state index contributed by atoms with van der Waals surface area (Å²) in [5.41, 5.74) is 0.882. The molecule has 0 aliphatic carbocycles. The number of halogens is 1. The van der Waals surface area contributed by atoms with Crippen LogP contribution in [0.4, 0.5) is 4.39 Å². The van der Waals surface area contributed by atoms with Crippen LogP contribution >= 0.6 is 11.3 Å². The minimum absolute atomic E-state index is 0.163. The van der Waals surface area contributed by atoms with E-state index >= 15 is 0 Å². The second-order valence-corrected chi connectivity index (χ2v) is 8.44. The lowest BCUT2D eigenvalue weighted by molar-refractivity contribution is 0.0172. The zero-order chi connectivity index (χ0) is 17.0. The summed E-state index contributed by atoms with van der Waals surface area (Å²) in [4.78, 5) is 2.16. The molecule has 1 saturated heterocycles. The van der Waals surface area contributed by atoms with E-state index < -0.39 is 10.0 Å². The average molecular weight is 370 g/mol. The molecule has 1 aliphatic heterocycles. The maximum atomic E-state index is 13.2. The molecule has 2 heterocycles. The van der Waals surface area contributed by atoms with Crippen LogP contribution < -0.4 is 4.72 Å². The molecule has 0 radical (unpaired) electrons. The Morgan fingerprint density at radius 2 is 1.92 bits per heavy atom. The van der Waals surface area contributed by atoms with Gasteiger partial charge in [-0.1, -0.05) is 18.2 Å². The molecule has 24 heavy (non-hydrogen) atoms. The predicted molar refractivity (Wildman–Crippen MR) is 91.0 cm³/mol. The molecule has 1 N–H and O–H groups in total. The standard InChI is InChI=1S/C16H19FN2O3S2/c17-14-5-3-13(4-6-14)15(19-7-9-22-10-8-19)12-18-24(20,21)16-2-1-11-23-16/h1-6,11,15,18H,7-10,12H2/t15-/m1/s1. The van der Waals surface area contributed by atoms with Crippen molar-refractivity contribution in [3.8, 4) is 0 Å². The van der Waals surface area contributed by atoms with E-state index in [1.165, 1.54) is 23.5 Å². The highest BCUT2D eigenvalue weighted by Gasteiger charge is 2.25. The summed E-state index contributed by atoms with van der Waals surface area (Å²) >= 11 is 1.18. The molecule has 130 valence electrons. The minimum Gasteiger partial charge on any atom is -0.379 e. The van der Waals surface area contributed by atoms with Crippen molar-refractivity contribution < 1.29 is 17.5 Å². The number of nitrogens with one attached hydrogen (secondary N) is 1. The average Bonchev–Trinajstić information content (AvgIpc) is 3.13. The van der Waals surface area contributed by atoms with Gasteiger partial charge in [-0.3, -0.25) is 4.90 Å². The molecular formula is C16H19FN2O3S2. The molecule has 2 aromatic rings. The fourth-order valence-electron chi connectivity index (χ4n) is 2.71. The molecule has 1 fully saturated rings. The molecule has 1 aromatic heterocycles. The highest BCUT2D eigenvalue weighted by Crippen LogP contribution is 2.23. The Bertz CT molecular complexity index is 742. The van der Waals surface area contributed by atoms with E-state index in [2.05, 4.69) is 9.62 Å². The summed E-state index contributed by atoms with van der Waals surface area (Å²) in [5.74, 6) is -0.307. The highest BCUT2D eigenvalue weighted by molar-refractivity contribution is 7.91. The number of morpholine rings is 1. The lowest BCUT2D eigenvalue weighted by Crippen LogP contribution is -2.43. The normalized spacial score (nSPS) is 17.7. The second kappa shape index (κ2) is 7.71. The van der Waals surface area contributed by atoms with Crippen molar-refractivity contribution in [3.63, 3.8) is 0 Å². The van der Waals surface area contributed by atoms with Crippen LogP contribution in [-0.2, 0) is 14.8 Å².